The molecule has 0 atom stereocenters. The zero-order valence-corrected chi connectivity index (χ0v) is 12.8. The van der Waals surface area contributed by atoms with Crippen molar-refractivity contribution in [2.24, 2.45) is 0 Å². The molecule has 4 heteroatoms. The molecule has 0 saturated heterocycles. The highest BCUT2D eigenvalue weighted by atomic mass is 79.9. The Morgan fingerprint density at radius 2 is 2.11 bits per heavy atom. The highest BCUT2D eigenvalue weighted by Crippen LogP contribution is 2.21. The summed E-state index contributed by atoms with van der Waals surface area (Å²) in [5.74, 6) is 0. The van der Waals surface area contributed by atoms with Gasteiger partial charge in [0.1, 0.15) is 0 Å². The third-order valence-corrected chi connectivity index (χ3v) is 4.36. The SMILES string of the molecule is CN(CCc1cccc(N)c1)Cc1csc(Br)c1. The Kier molecular flexibility index (Phi) is 4.80. The third-order valence-electron chi connectivity index (χ3n) is 2.81. The molecule has 18 heavy (non-hydrogen) atoms. The van der Waals surface area contributed by atoms with Gasteiger partial charge in [0.05, 0.1) is 3.79 Å². The van der Waals surface area contributed by atoms with Gasteiger partial charge in [-0.05, 0) is 64.1 Å². The summed E-state index contributed by atoms with van der Waals surface area (Å²) in [6.07, 6.45) is 1.03. The second-order valence-electron chi connectivity index (χ2n) is 4.49. The maximum Gasteiger partial charge on any atom is 0.0701 e. The molecular formula is C14H17BrN2S. The van der Waals surface area contributed by atoms with E-state index in [0.717, 1.165) is 25.2 Å². The van der Waals surface area contributed by atoms with Gasteiger partial charge in [-0.2, -0.15) is 0 Å². The topological polar surface area (TPSA) is 29.3 Å². The molecule has 0 aliphatic rings. The predicted molar refractivity (Wildman–Crippen MR) is 82.9 cm³/mol. The minimum absolute atomic E-state index is 0.844. The fourth-order valence-corrected chi connectivity index (χ4v) is 3.09. The number of rotatable bonds is 5. The summed E-state index contributed by atoms with van der Waals surface area (Å²) in [6.45, 7) is 2.03. The van der Waals surface area contributed by atoms with E-state index in [-0.39, 0.29) is 0 Å². The summed E-state index contributed by atoms with van der Waals surface area (Å²) < 4.78 is 1.20. The van der Waals surface area contributed by atoms with Crippen LogP contribution in [0.3, 0.4) is 0 Å². The second-order valence-corrected chi connectivity index (χ2v) is 6.78. The van der Waals surface area contributed by atoms with E-state index in [1.54, 1.807) is 11.3 Å². The normalized spacial score (nSPS) is 11.1. The molecule has 0 bridgehead atoms. The third kappa shape index (κ3) is 4.12. The van der Waals surface area contributed by atoms with Crippen molar-refractivity contribution < 1.29 is 0 Å². The van der Waals surface area contributed by atoms with Gasteiger partial charge in [-0.3, -0.25) is 0 Å². The van der Waals surface area contributed by atoms with Crippen LogP contribution in [0.5, 0.6) is 0 Å². The van der Waals surface area contributed by atoms with Crippen LogP contribution in [0.15, 0.2) is 39.5 Å². The highest BCUT2D eigenvalue weighted by molar-refractivity contribution is 9.11. The van der Waals surface area contributed by atoms with Gasteiger partial charge < -0.3 is 10.6 Å². The van der Waals surface area contributed by atoms with Gasteiger partial charge in [0.2, 0.25) is 0 Å². The summed E-state index contributed by atoms with van der Waals surface area (Å²) in [6, 6.07) is 10.3. The number of nitrogens with two attached hydrogens (primary N) is 1. The summed E-state index contributed by atoms with van der Waals surface area (Å²) in [5.41, 5.74) is 9.28. The van der Waals surface area contributed by atoms with Crippen LogP contribution in [0, 0.1) is 0 Å². The number of nitrogens with zero attached hydrogens (tertiary/aromatic N) is 1. The van der Waals surface area contributed by atoms with E-state index in [1.165, 1.54) is 14.9 Å². The lowest BCUT2D eigenvalue weighted by Crippen LogP contribution is -2.20. The van der Waals surface area contributed by atoms with Crippen molar-refractivity contribution in [3.8, 4) is 0 Å². The lowest BCUT2D eigenvalue weighted by atomic mass is 10.1. The Morgan fingerprint density at radius 3 is 2.78 bits per heavy atom. The van der Waals surface area contributed by atoms with Crippen molar-refractivity contribution in [1.82, 2.24) is 4.90 Å². The van der Waals surface area contributed by atoms with E-state index in [2.05, 4.69) is 51.5 Å². The van der Waals surface area contributed by atoms with Crippen LogP contribution in [-0.4, -0.2) is 18.5 Å². The van der Waals surface area contributed by atoms with Gasteiger partial charge >= 0.3 is 0 Å². The average molecular weight is 325 g/mol. The monoisotopic (exact) mass is 324 g/mol. The van der Waals surface area contributed by atoms with Gasteiger partial charge in [-0.1, -0.05) is 12.1 Å². The van der Waals surface area contributed by atoms with Crippen LogP contribution >= 0.6 is 27.3 Å². The molecular weight excluding hydrogens is 308 g/mol. The van der Waals surface area contributed by atoms with Crippen LogP contribution in [0.1, 0.15) is 11.1 Å². The molecule has 2 nitrogen and oxygen atoms in total. The summed E-state index contributed by atoms with van der Waals surface area (Å²) >= 11 is 5.23. The van der Waals surface area contributed by atoms with Crippen LogP contribution in [0.4, 0.5) is 5.69 Å². The quantitative estimate of drug-likeness (QED) is 0.848. The zero-order valence-electron chi connectivity index (χ0n) is 10.4. The Morgan fingerprint density at radius 1 is 1.28 bits per heavy atom. The van der Waals surface area contributed by atoms with Crippen molar-refractivity contribution in [3.63, 3.8) is 0 Å². The van der Waals surface area contributed by atoms with Gasteiger partial charge in [0, 0.05) is 18.8 Å². The van der Waals surface area contributed by atoms with E-state index < -0.39 is 0 Å². The molecule has 0 aliphatic heterocycles. The Balaban J connectivity index is 1.83. The number of hydrogen-bond donors (Lipinski definition) is 1. The van der Waals surface area contributed by atoms with E-state index in [9.17, 15) is 0 Å². The molecule has 0 radical (unpaired) electrons. The number of benzene rings is 1. The van der Waals surface area contributed by atoms with E-state index in [1.807, 2.05) is 12.1 Å². The molecule has 0 fully saturated rings. The standard InChI is InChI=1S/C14H17BrN2S/c1-17(9-12-8-14(15)18-10-12)6-5-11-3-2-4-13(16)7-11/h2-4,7-8,10H,5-6,9,16H2,1H3. The predicted octanol–water partition coefficient (Wildman–Crippen LogP) is 3.77. The zero-order chi connectivity index (χ0) is 13.0. The molecule has 2 rings (SSSR count). The van der Waals surface area contributed by atoms with Crippen LogP contribution < -0.4 is 5.73 Å². The molecule has 1 heterocycles. The molecule has 0 spiro atoms. The maximum absolute atomic E-state index is 5.77. The van der Waals surface area contributed by atoms with Crippen molar-refractivity contribution >= 4 is 33.0 Å². The Bertz CT molecular complexity index is 510. The number of likely N-dealkylation sites (N-methyl/N-ethyl adjacent to an activating group) is 1. The van der Waals surface area contributed by atoms with Gasteiger partial charge in [0.15, 0.2) is 0 Å². The van der Waals surface area contributed by atoms with Gasteiger partial charge in [0.25, 0.3) is 0 Å². The van der Waals surface area contributed by atoms with E-state index in [4.69, 9.17) is 5.73 Å². The fourth-order valence-electron chi connectivity index (χ4n) is 1.89. The Hall–Kier alpha value is -0.840. The first-order valence-corrected chi connectivity index (χ1v) is 7.56. The first-order valence-electron chi connectivity index (χ1n) is 5.89. The molecule has 1 aromatic carbocycles. The van der Waals surface area contributed by atoms with Crippen molar-refractivity contribution in [3.05, 3.63) is 50.6 Å². The van der Waals surface area contributed by atoms with Gasteiger partial charge in [-0.15, -0.1) is 11.3 Å². The lowest BCUT2D eigenvalue weighted by Gasteiger charge is -2.15. The van der Waals surface area contributed by atoms with Crippen LogP contribution in [0.25, 0.3) is 0 Å². The van der Waals surface area contributed by atoms with Crippen molar-refractivity contribution in [2.45, 2.75) is 13.0 Å². The minimum Gasteiger partial charge on any atom is -0.399 e. The Labute approximate surface area is 121 Å². The molecule has 0 unspecified atom stereocenters. The summed E-state index contributed by atoms with van der Waals surface area (Å²) in [5, 5.41) is 2.20. The number of anilines is 1. The lowest BCUT2D eigenvalue weighted by molar-refractivity contribution is 0.331. The summed E-state index contributed by atoms with van der Waals surface area (Å²) in [7, 11) is 2.15. The molecule has 0 amide bonds. The minimum atomic E-state index is 0.844. The molecule has 96 valence electrons. The average Bonchev–Trinajstić information content (AvgIpc) is 2.72. The first-order chi connectivity index (χ1) is 8.63. The largest absolute Gasteiger partial charge is 0.399 e. The second kappa shape index (κ2) is 6.36. The van der Waals surface area contributed by atoms with E-state index >= 15 is 0 Å². The van der Waals surface area contributed by atoms with Crippen molar-refractivity contribution in [2.75, 3.05) is 19.3 Å². The van der Waals surface area contributed by atoms with Gasteiger partial charge in [-0.25, -0.2) is 0 Å². The maximum atomic E-state index is 5.77. The molecule has 2 aromatic rings. The number of halogens is 1. The first kappa shape index (κ1) is 13.6. The molecule has 1 aromatic heterocycles. The summed E-state index contributed by atoms with van der Waals surface area (Å²) in [4.78, 5) is 2.33. The molecule has 0 saturated carbocycles. The molecule has 2 N–H and O–H groups in total. The van der Waals surface area contributed by atoms with Crippen LogP contribution in [0.2, 0.25) is 0 Å². The number of hydrogen-bond acceptors (Lipinski definition) is 3. The number of thiophene rings is 1. The highest BCUT2D eigenvalue weighted by Gasteiger charge is 2.03. The number of nitrogen functional groups attached to an aromatic ring is 1. The van der Waals surface area contributed by atoms with Crippen LogP contribution in [-0.2, 0) is 13.0 Å². The smallest absolute Gasteiger partial charge is 0.0701 e. The molecule has 0 aliphatic carbocycles. The van der Waals surface area contributed by atoms with E-state index in [0.29, 0.717) is 0 Å². The fraction of sp³-hybridized carbons (Fsp3) is 0.286. The van der Waals surface area contributed by atoms with Crippen molar-refractivity contribution in [1.29, 1.82) is 0 Å².